The van der Waals surface area contributed by atoms with E-state index in [4.69, 9.17) is 0 Å². The van der Waals surface area contributed by atoms with Crippen molar-refractivity contribution in [3.8, 4) is 5.69 Å². The van der Waals surface area contributed by atoms with E-state index in [2.05, 4.69) is 20.6 Å². The van der Waals surface area contributed by atoms with E-state index in [0.29, 0.717) is 11.4 Å². The molecule has 0 amide bonds. The number of benzene rings is 1. The molecule has 0 aliphatic carbocycles. The van der Waals surface area contributed by atoms with Crippen molar-refractivity contribution in [3.05, 3.63) is 54.1 Å². The third-order valence-electron chi connectivity index (χ3n) is 3.63. The molecule has 1 atom stereocenters. The smallest absolute Gasteiger partial charge is 0.168 e. The third kappa shape index (κ3) is 3.14. The van der Waals surface area contributed by atoms with Crippen LogP contribution in [0.2, 0.25) is 0 Å². The standard InChI is InChI=1S/C14H16N6O2S/c1-11(14-16-17-18-19(14)2)23(21,22)10-12-4-6-13(7-5-12)20-9-3-8-15-20/h3-9,11H,10H2,1-2H3. The number of rotatable bonds is 5. The predicted molar refractivity (Wildman–Crippen MR) is 83.4 cm³/mol. The highest BCUT2D eigenvalue weighted by Gasteiger charge is 2.27. The van der Waals surface area contributed by atoms with Crippen molar-refractivity contribution >= 4 is 9.84 Å². The molecule has 1 aromatic carbocycles. The summed E-state index contributed by atoms with van der Waals surface area (Å²) in [7, 11) is -1.79. The highest BCUT2D eigenvalue weighted by Crippen LogP contribution is 2.23. The van der Waals surface area contributed by atoms with Crippen LogP contribution in [0.3, 0.4) is 0 Å². The summed E-state index contributed by atoms with van der Waals surface area (Å²) in [5.41, 5.74) is 1.59. The molecule has 0 aliphatic heterocycles. The van der Waals surface area contributed by atoms with E-state index < -0.39 is 15.1 Å². The summed E-state index contributed by atoms with van der Waals surface area (Å²) in [6.45, 7) is 1.60. The first-order valence-electron chi connectivity index (χ1n) is 7.00. The molecule has 0 spiro atoms. The topological polar surface area (TPSA) is 95.6 Å². The Balaban J connectivity index is 1.79. The summed E-state index contributed by atoms with van der Waals surface area (Å²) in [4.78, 5) is 0. The molecule has 0 saturated heterocycles. The lowest BCUT2D eigenvalue weighted by Gasteiger charge is -2.11. The largest absolute Gasteiger partial charge is 0.241 e. The van der Waals surface area contributed by atoms with Crippen LogP contribution in [0, 0.1) is 0 Å². The van der Waals surface area contributed by atoms with Crippen molar-refractivity contribution in [2.24, 2.45) is 7.05 Å². The van der Waals surface area contributed by atoms with Gasteiger partial charge in [-0.05, 0) is 41.1 Å². The molecule has 0 bridgehead atoms. The van der Waals surface area contributed by atoms with Crippen molar-refractivity contribution in [1.82, 2.24) is 30.0 Å². The van der Waals surface area contributed by atoms with Gasteiger partial charge in [0.2, 0.25) is 0 Å². The van der Waals surface area contributed by atoms with Gasteiger partial charge >= 0.3 is 0 Å². The van der Waals surface area contributed by atoms with E-state index in [1.54, 1.807) is 37.0 Å². The summed E-state index contributed by atoms with van der Waals surface area (Å²) in [6.07, 6.45) is 3.52. The molecule has 1 unspecified atom stereocenters. The molecule has 0 fully saturated rings. The van der Waals surface area contributed by atoms with E-state index in [1.807, 2.05) is 24.4 Å². The van der Waals surface area contributed by atoms with Gasteiger partial charge in [0.25, 0.3) is 0 Å². The molecule has 3 rings (SSSR count). The van der Waals surface area contributed by atoms with E-state index in [0.717, 1.165) is 5.69 Å². The Morgan fingerprint density at radius 2 is 1.96 bits per heavy atom. The van der Waals surface area contributed by atoms with Crippen LogP contribution in [0.5, 0.6) is 0 Å². The van der Waals surface area contributed by atoms with Crippen LogP contribution in [0.25, 0.3) is 5.69 Å². The second kappa shape index (κ2) is 5.92. The lowest BCUT2D eigenvalue weighted by molar-refractivity contribution is 0.576. The average molecular weight is 332 g/mol. The minimum atomic E-state index is -3.41. The van der Waals surface area contributed by atoms with Gasteiger partial charge in [0.15, 0.2) is 15.7 Å². The lowest BCUT2D eigenvalue weighted by Crippen LogP contribution is -2.16. The van der Waals surface area contributed by atoms with Gasteiger partial charge in [0, 0.05) is 19.4 Å². The van der Waals surface area contributed by atoms with Gasteiger partial charge in [-0.25, -0.2) is 17.8 Å². The van der Waals surface area contributed by atoms with Crippen molar-refractivity contribution in [3.63, 3.8) is 0 Å². The Hall–Kier alpha value is -2.55. The fourth-order valence-corrected chi connectivity index (χ4v) is 3.69. The number of hydrogen-bond acceptors (Lipinski definition) is 6. The van der Waals surface area contributed by atoms with Crippen molar-refractivity contribution in [2.75, 3.05) is 0 Å². The zero-order chi connectivity index (χ0) is 16.4. The predicted octanol–water partition coefficient (Wildman–Crippen LogP) is 1.07. The Morgan fingerprint density at radius 1 is 1.22 bits per heavy atom. The molecule has 0 radical (unpaired) electrons. The molecule has 0 aliphatic rings. The fourth-order valence-electron chi connectivity index (χ4n) is 2.27. The van der Waals surface area contributed by atoms with Gasteiger partial charge in [0.1, 0.15) is 5.25 Å². The average Bonchev–Trinajstić information content (AvgIpc) is 3.18. The van der Waals surface area contributed by atoms with Crippen LogP contribution >= 0.6 is 0 Å². The minimum Gasteiger partial charge on any atom is -0.241 e. The summed E-state index contributed by atoms with van der Waals surface area (Å²) in [5.74, 6) is 0.263. The zero-order valence-corrected chi connectivity index (χ0v) is 13.6. The minimum absolute atomic E-state index is 0.0690. The van der Waals surface area contributed by atoms with Gasteiger partial charge < -0.3 is 0 Å². The number of nitrogens with zero attached hydrogens (tertiary/aromatic N) is 6. The number of hydrogen-bond donors (Lipinski definition) is 0. The highest BCUT2D eigenvalue weighted by molar-refractivity contribution is 7.90. The van der Waals surface area contributed by atoms with Crippen LogP contribution in [0.15, 0.2) is 42.7 Å². The summed E-state index contributed by atoms with van der Waals surface area (Å²) < 4.78 is 28.2. The zero-order valence-electron chi connectivity index (χ0n) is 12.7. The van der Waals surface area contributed by atoms with Crippen molar-refractivity contribution < 1.29 is 8.42 Å². The van der Waals surface area contributed by atoms with Crippen LogP contribution in [-0.4, -0.2) is 38.4 Å². The Bertz CT molecular complexity index is 884. The number of aryl methyl sites for hydroxylation is 1. The molecule has 0 N–H and O–H groups in total. The van der Waals surface area contributed by atoms with Gasteiger partial charge in [-0.15, -0.1) is 5.10 Å². The van der Waals surface area contributed by atoms with Crippen LogP contribution in [-0.2, 0) is 22.6 Å². The normalized spacial score (nSPS) is 13.1. The van der Waals surface area contributed by atoms with Gasteiger partial charge in [-0.3, -0.25) is 0 Å². The Labute approximate surface area is 133 Å². The molecular weight excluding hydrogens is 316 g/mol. The van der Waals surface area contributed by atoms with E-state index in [1.165, 1.54) is 4.68 Å². The molecule has 8 nitrogen and oxygen atoms in total. The second-order valence-electron chi connectivity index (χ2n) is 5.23. The van der Waals surface area contributed by atoms with Gasteiger partial charge in [-0.1, -0.05) is 12.1 Å². The maximum atomic E-state index is 12.5. The summed E-state index contributed by atoms with van der Waals surface area (Å²) in [6, 6.07) is 9.08. The molecule has 2 heterocycles. The second-order valence-corrected chi connectivity index (χ2v) is 7.55. The number of tetrazole rings is 1. The van der Waals surface area contributed by atoms with Crippen LogP contribution in [0.4, 0.5) is 0 Å². The SMILES string of the molecule is CC(c1nnnn1C)S(=O)(=O)Cc1ccc(-n2cccn2)cc1. The third-order valence-corrected chi connectivity index (χ3v) is 5.65. The molecule has 0 saturated carbocycles. The molecular formula is C14H16N6O2S. The Kier molecular flexibility index (Phi) is 3.95. The lowest BCUT2D eigenvalue weighted by atomic mass is 10.2. The van der Waals surface area contributed by atoms with E-state index >= 15 is 0 Å². The molecule has 9 heteroatoms. The first-order chi connectivity index (χ1) is 11.0. The first-order valence-corrected chi connectivity index (χ1v) is 8.72. The van der Waals surface area contributed by atoms with Gasteiger partial charge in [-0.2, -0.15) is 5.10 Å². The number of aromatic nitrogens is 6. The van der Waals surface area contributed by atoms with Gasteiger partial charge in [0.05, 0.1) is 11.4 Å². The summed E-state index contributed by atoms with van der Waals surface area (Å²) >= 11 is 0. The maximum absolute atomic E-state index is 12.5. The summed E-state index contributed by atoms with van der Waals surface area (Å²) in [5, 5.41) is 14.3. The fraction of sp³-hybridized carbons (Fsp3) is 0.286. The molecule has 2 aromatic heterocycles. The number of sulfone groups is 1. The molecule has 23 heavy (non-hydrogen) atoms. The highest BCUT2D eigenvalue weighted by atomic mass is 32.2. The van der Waals surface area contributed by atoms with Crippen LogP contribution in [0.1, 0.15) is 23.6 Å². The van der Waals surface area contributed by atoms with E-state index in [9.17, 15) is 8.42 Å². The van der Waals surface area contributed by atoms with Crippen LogP contribution < -0.4 is 0 Å². The van der Waals surface area contributed by atoms with E-state index in [-0.39, 0.29) is 5.75 Å². The maximum Gasteiger partial charge on any atom is 0.168 e. The first kappa shape index (κ1) is 15.3. The monoisotopic (exact) mass is 332 g/mol. The van der Waals surface area contributed by atoms with Crippen molar-refractivity contribution in [2.45, 2.75) is 17.9 Å². The molecule has 3 aromatic rings. The Morgan fingerprint density at radius 3 is 2.52 bits per heavy atom. The van der Waals surface area contributed by atoms with Crippen molar-refractivity contribution in [1.29, 1.82) is 0 Å². The quantitative estimate of drug-likeness (QED) is 0.693. The molecule has 120 valence electrons.